The van der Waals surface area contributed by atoms with Crippen LogP contribution in [0, 0.1) is 16.0 Å². The number of piperidine rings is 1. The van der Waals surface area contributed by atoms with E-state index in [2.05, 4.69) is 5.32 Å². The van der Waals surface area contributed by atoms with E-state index in [0.717, 1.165) is 6.42 Å². The molecule has 1 aliphatic heterocycles. The second-order valence-electron chi connectivity index (χ2n) is 6.19. The Hall–Kier alpha value is -2.44. The fourth-order valence-corrected chi connectivity index (χ4v) is 2.72. The van der Waals surface area contributed by atoms with Crippen molar-refractivity contribution in [3.63, 3.8) is 0 Å². The van der Waals surface area contributed by atoms with Crippen LogP contribution in [-0.4, -0.2) is 40.8 Å². The molecule has 24 heavy (non-hydrogen) atoms. The zero-order chi connectivity index (χ0) is 17.7. The maximum atomic E-state index is 12.4. The molecular weight excluding hydrogens is 310 g/mol. The van der Waals surface area contributed by atoms with Crippen LogP contribution < -0.4 is 5.32 Å². The van der Waals surface area contributed by atoms with Gasteiger partial charge in [-0.25, -0.2) is 0 Å². The fraction of sp³-hybridized carbons (Fsp3) is 0.529. The third-order valence-corrected chi connectivity index (χ3v) is 4.48. The number of likely N-dealkylation sites (tertiary alicyclic amines) is 1. The van der Waals surface area contributed by atoms with E-state index >= 15 is 0 Å². The number of nitrogens with one attached hydrogen (secondary N) is 1. The Morgan fingerprint density at radius 2 is 1.88 bits per heavy atom. The lowest BCUT2D eigenvalue weighted by Crippen LogP contribution is -2.44. The maximum Gasteiger partial charge on any atom is 0.269 e. The zero-order valence-electron chi connectivity index (χ0n) is 14.0. The summed E-state index contributed by atoms with van der Waals surface area (Å²) >= 11 is 0. The Morgan fingerprint density at radius 1 is 1.29 bits per heavy atom. The van der Waals surface area contributed by atoms with Crippen LogP contribution in [0.25, 0.3) is 0 Å². The van der Waals surface area contributed by atoms with Crippen molar-refractivity contribution in [3.05, 3.63) is 39.9 Å². The van der Waals surface area contributed by atoms with E-state index in [-0.39, 0.29) is 29.5 Å². The Balaban J connectivity index is 1.90. The molecule has 7 nitrogen and oxygen atoms in total. The van der Waals surface area contributed by atoms with Gasteiger partial charge in [0, 0.05) is 42.7 Å². The number of hydrogen-bond acceptors (Lipinski definition) is 4. The van der Waals surface area contributed by atoms with Crippen LogP contribution in [0.4, 0.5) is 5.69 Å². The molecule has 7 heteroatoms. The lowest BCUT2D eigenvalue weighted by molar-refractivity contribution is -0.384. The smallest absolute Gasteiger partial charge is 0.269 e. The number of non-ortho nitro benzene ring substituents is 1. The topological polar surface area (TPSA) is 92.6 Å². The molecule has 0 radical (unpaired) electrons. The number of carbonyl (C=O) groups excluding carboxylic acids is 2. The quantitative estimate of drug-likeness (QED) is 0.661. The summed E-state index contributed by atoms with van der Waals surface area (Å²) in [5.74, 6) is -0.141. The molecule has 2 rings (SSSR count). The molecule has 1 aliphatic rings. The van der Waals surface area contributed by atoms with Crippen molar-refractivity contribution in [1.29, 1.82) is 0 Å². The van der Waals surface area contributed by atoms with Crippen molar-refractivity contribution in [2.24, 2.45) is 5.92 Å². The normalized spacial score (nSPS) is 16.5. The number of nitro groups is 1. The highest BCUT2D eigenvalue weighted by atomic mass is 16.6. The molecule has 1 heterocycles. The molecule has 1 saturated heterocycles. The summed E-state index contributed by atoms with van der Waals surface area (Å²) < 4.78 is 0. The van der Waals surface area contributed by atoms with E-state index in [1.165, 1.54) is 24.3 Å². The number of rotatable bonds is 5. The van der Waals surface area contributed by atoms with Crippen LogP contribution in [0.1, 0.15) is 43.5 Å². The molecule has 1 N–H and O–H groups in total. The van der Waals surface area contributed by atoms with Gasteiger partial charge in [0.25, 0.3) is 11.6 Å². The molecule has 0 bridgehead atoms. The minimum Gasteiger partial charge on any atom is -0.353 e. The maximum absolute atomic E-state index is 12.4. The average molecular weight is 333 g/mol. The van der Waals surface area contributed by atoms with Crippen LogP contribution in [0.2, 0.25) is 0 Å². The van der Waals surface area contributed by atoms with E-state index in [9.17, 15) is 19.7 Å². The van der Waals surface area contributed by atoms with Crippen LogP contribution in [-0.2, 0) is 4.79 Å². The number of nitro benzene ring substituents is 1. The SMILES string of the molecule is CC[C@H](C)NC(=O)C1CCN(C(=O)c2ccc([N+](=O)[O-])cc2)CC1. The highest BCUT2D eigenvalue weighted by molar-refractivity contribution is 5.94. The summed E-state index contributed by atoms with van der Waals surface area (Å²) in [5, 5.41) is 13.6. The van der Waals surface area contributed by atoms with Gasteiger partial charge < -0.3 is 10.2 Å². The molecule has 2 amide bonds. The first-order chi connectivity index (χ1) is 11.4. The zero-order valence-corrected chi connectivity index (χ0v) is 14.0. The molecule has 0 saturated carbocycles. The van der Waals surface area contributed by atoms with E-state index in [1.54, 1.807) is 4.90 Å². The van der Waals surface area contributed by atoms with Crippen LogP contribution in [0.15, 0.2) is 24.3 Å². The van der Waals surface area contributed by atoms with Gasteiger partial charge in [-0.15, -0.1) is 0 Å². The minimum atomic E-state index is -0.490. The summed E-state index contributed by atoms with van der Waals surface area (Å²) in [5.41, 5.74) is 0.398. The largest absolute Gasteiger partial charge is 0.353 e. The Kier molecular flexibility index (Phi) is 5.89. The van der Waals surface area contributed by atoms with Crippen LogP contribution in [0.3, 0.4) is 0 Å². The molecule has 1 aromatic carbocycles. The van der Waals surface area contributed by atoms with E-state index in [1.807, 2.05) is 13.8 Å². The third kappa shape index (κ3) is 4.31. The Bertz CT molecular complexity index is 607. The molecule has 1 aromatic rings. The van der Waals surface area contributed by atoms with Crippen molar-refractivity contribution < 1.29 is 14.5 Å². The van der Waals surface area contributed by atoms with Crippen LogP contribution >= 0.6 is 0 Å². The Labute approximate surface area is 141 Å². The molecule has 0 aliphatic carbocycles. The number of nitrogens with zero attached hydrogens (tertiary/aromatic N) is 2. The third-order valence-electron chi connectivity index (χ3n) is 4.48. The monoisotopic (exact) mass is 333 g/mol. The molecule has 1 atom stereocenters. The van der Waals surface area contributed by atoms with Gasteiger partial charge in [-0.1, -0.05) is 6.92 Å². The molecule has 130 valence electrons. The van der Waals surface area contributed by atoms with Crippen molar-refractivity contribution in [2.75, 3.05) is 13.1 Å². The molecular formula is C17H23N3O4. The summed E-state index contributed by atoms with van der Waals surface area (Å²) in [7, 11) is 0. The van der Waals surface area contributed by atoms with Gasteiger partial charge in [-0.05, 0) is 38.3 Å². The van der Waals surface area contributed by atoms with Crippen molar-refractivity contribution in [1.82, 2.24) is 10.2 Å². The summed E-state index contributed by atoms with van der Waals surface area (Å²) in [6.07, 6.45) is 2.17. The van der Waals surface area contributed by atoms with Gasteiger partial charge in [-0.2, -0.15) is 0 Å². The van der Waals surface area contributed by atoms with Crippen molar-refractivity contribution in [2.45, 2.75) is 39.2 Å². The molecule has 1 fully saturated rings. The molecule has 0 spiro atoms. The van der Waals surface area contributed by atoms with Gasteiger partial charge in [0.15, 0.2) is 0 Å². The number of benzene rings is 1. The Morgan fingerprint density at radius 3 is 2.38 bits per heavy atom. The van der Waals surface area contributed by atoms with Gasteiger partial charge in [0.05, 0.1) is 4.92 Å². The number of carbonyl (C=O) groups is 2. The van der Waals surface area contributed by atoms with Crippen LogP contribution in [0.5, 0.6) is 0 Å². The van der Waals surface area contributed by atoms with E-state index in [4.69, 9.17) is 0 Å². The standard InChI is InChI=1S/C17H23N3O4/c1-3-12(2)18-16(21)13-8-10-19(11-9-13)17(22)14-4-6-15(7-5-14)20(23)24/h4-7,12-13H,3,8-11H2,1-2H3,(H,18,21)/t12-/m0/s1. The van der Waals surface area contributed by atoms with Gasteiger partial charge in [0.2, 0.25) is 5.91 Å². The predicted molar refractivity (Wildman–Crippen MR) is 89.6 cm³/mol. The first kappa shape index (κ1) is 17.9. The average Bonchev–Trinajstić information content (AvgIpc) is 2.61. The predicted octanol–water partition coefficient (Wildman–Crippen LogP) is 2.36. The van der Waals surface area contributed by atoms with Gasteiger partial charge in [-0.3, -0.25) is 19.7 Å². The molecule has 0 aromatic heterocycles. The van der Waals surface area contributed by atoms with Gasteiger partial charge >= 0.3 is 0 Å². The lowest BCUT2D eigenvalue weighted by Gasteiger charge is -2.32. The number of amides is 2. The highest BCUT2D eigenvalue weighted by Crippen LogP contribution is 2.20. The first-order valence-electron chi connectivity index (χ1n) is 8.26. The number of hydrogen-bond donors (Lipinski definition) is 1. The molecule has 0 unspecified atom stereocenters. The minimum absolute atomic E-state index is 0.0352. The highest BCUT2D eigenvalue weighted by Gasteiger charge is 2.28. The first-order valence-corrected chi connectivity index (χ1v) is 8.26. The fourth-order valence-electron chi connectivity index (χ4n) is 2.72. The second kappa shape index (κ2) is 7.90. The second-order valence-corrected chi connectivity index (χ2v) is 6.19. The van der Waals surface area contributed by atoms with Crippen molar-refractivity contribution in [3.8, 4) is 0 Å². The van der Waals surface area contributed by atoms with E-state index < -0.39 is 4.92 Å². The summed E-state index contributed by atoms with van der Waals surface area (Å²) in [6.45, 7) is 5.05. The summed E-state index contributed by atoms with van der Waals surface area (Å²) in [6, 6.07) is 5.78. The van der Waals surface area contributed by atoms with E-state index in [0.29, 0.717) is 31.5 Å². The van der Waals surface area contributed by atoms with Gasteiger partial charge in [0.1, 0.15) is 0 Å². The van der Waals surface area contributed by atoms with Crippen molar-refractivity contribution >= 4 is 17.5 Å². The summed E-state index contributed by atoms with van der Waals surface area (Å²) in [4.78, 5) is 36.4. The lowest BCUT2D eigenvalue weighted by atomic mass is 9.95.